The predicted molar refractivity (Wildman–Crippen MR) is 146 cm³/mol. The van der Waals surface area contributed by atoms with Crippen LogP contribution in [0.3, 0.4) is 0 Å². The van der Waals surface area contributed by atoms with Gasteiger partial charge in [0.15, 0.2) is 11.5 Å². The number of amides is 1. The van der Waals surface area contributed by atoms with Crippen molar-refractivity contribution in [1.82, 2.24) is 29.0 Å². The van der Waals surface area contributed by atoms with Gasteiger partial charge in [-0.15, -0.1) is 11.3 Å². The molecule has 0 radical (unpaired) electrons. The molecular formula is C27H28FN7O2S. The third kappa shape index (κ3) is 4.02. The second kappa shape index (κ2) is 9.48. The molecule has 1 atom stereocenters. The second-order valence-corrected chi connectivity index (χ2v) is 10.6. The van der Waals surface area contributed by atoms with Crippen LogP contribution in [0.25, 0.3) is 33.6 Å². The zero-order chi connectivity index (χ0) is 26.6. The summed E-state index contributed by atoms with van der Waals surface area (Å²) >= 11 is 1.62. The summed E-state index contributed by atoms with van der Waals surface area (Å²) in [5.74, 6) is 1.31. The number of imidazole rings is 1. The third-order valence-electron chi connectivity index (χ3n) is 7.01. The normalized spacial score (nSPS) is 14.4. The molecule has 196 valence electrons. The van der Waals surface area contributed by atoms with Gasteiger partial charge in [0, 0.05) is 43.0 Å². The first kappa shape index (κ1) is 24.5. The third-order valence-corrected chi connectivity index (χ3v) is 7.96. The fourth-order valence-electron chi connectivity index (χ4n) is 5.19. The van der Waals surface area contributed by atoms with Crippen LogP contribution in [-0.2, 0) is 20.0 Å². The van der Waals surface area contributed by atoms with Crippen molar-refractivity contribution in [2.45, 2.75) is 25.9 Å². The summed E-state index contributed by atoms with van der Waals surface area (Å²) in [4.78, 5) is 29.3. The number of nitrogens with two attached hydrogens (primary N) is 1. The molecule has 1 amide bonds. The molecule has 4 aromatic heterocycles. The zero-order valence-corrected chi connectivity index (χ0v) is 22.3. The van der Waals surface area contributed by atoms with Crippen LogP contribution in [0.1, 0.15) is 26.8 Å². The number of methoxy groups -OCH3 is 1. The summed E-state index contributed by atoms with van der Waals surface area (Å²) in [6, 6.07) is 9.18. The number of hydrogen-bond acceptors (Lipinski definition) is 7. The highest BCUT2D eigenvalue weighted by Crippen LogP contribution is 2.35. The predicted octanol–water partition coefficient (Wildman–Crippen LogP) is 3.71. The maximum absolute atomic E-state index is 13.2. The maximum atomic E-state index is 13.2. The molecule has 5 aromatic rings. The average molecular weight is 534 g/mol. The first-order valence-corrected chi connectivity index (χ1v) is 13.3. The zero-order valence-electron chi connectivity index (χ0n) is 21.4. The van der Waals surface area contributed by atoms with Crippen molar-refractivity contribution in [1.29, 1.82) is 0 Å². The van der Waals surface area contributed by atoms with E-state index in [4.69, 9.17) is 20.4 Å². The number of aryl methyl sites for hydroxylation is 2. The molecule has 1 aliphatic rings. The molecule has 0 fully saturated rings. The van der Waals surface area contributed by atoms with Gasteiger partial charge in [0.1, 0.15) is 22.9 Å². The fourth-order valence-corrected chi connectivity index (χ4v) is 5.95. The number of ether oxygens (including phenoxy) is 1. The molecule has 2 N–H and O–H groups in total. The van der Waals surface area contributed by atoms with Crippen LogP contribution in [0, 0.1) is 6.92 Å². The first-order valence-electron chi connectivity index (χ1n) is 12.4. The summed E-state index contributed by atoms with van der Waals surface area (Å²) in [5, 5.41) is 4.06. The number of carbonyl (C=O) groups excluding carboxylic acids is 1. The minimum Gasteiger partial charge on any atom is -0.495 e. The Morgan fingerprint density at radius 3 is 2.82 bits per heavy atom. The van der Waals surface area contributed by atoms with E-state index in [2.05, 4.69) is 21.7 Å². The van der Waals surface area contributed by atoms with Crippen LogP contribution in [0.4, 0.5) is 4.39 Å². The first-order chi connectivity index (χ1) is 18.4. The van der Waals surface area contributed by atoms with E-state index in [1.54, 1.807) is 29.4 Å². The van der Waals surface area contributed by atoms with Crippen LogP contribution in [0.15, 0.2) is 35.7 Å². The molecule has 6 rings (SSSR count). The lowest BCUT2D eigenvalue weighted by molar-refractivity contribution is 0.0723. The molecule has 5 heterocycles. The van der Waals surface area contributed by atoms with E-state index in [-0.39, 0.29) is 12.5 Å². The van der Waals surface area contributed by atoms with E-state index in [0.717, 1.165) is 44.6 Å². The highest BCUT2D eigenvalue weighted by molar-refractivity contribution is 7.09. The van der Waals surface area contributed by atoms with Gasteiger partial charge < -0.3 is 24.5 Å². The van der Waals surface area contributed by atoms with E-state index in [1.165, 1.54) is 0 Å². The molecule has 0 saturated heterocycles. The van der Waals surface area contributed by atoms with E-state index >= 15 is 0 Å². The van der Waals surface area contributed by atoms with Gasteiger partial charge in [-0.25, -0.2) is 19.3 Å². The molecule has 9 nitrogen and oxygen atoms in total. The molecule has 38 heavy (non-hydrogen) atoms. The highest BCUT2D eigenvalue weighted by atomic mass is 32.1. The Hall–Kier alpha value is -3.83. The van der Waals surface area contributed by atoms with Gasteiger partial charge in [-0.05, 0) is 25.1 Å². The summed E-state index contributed by atoms with van der Waals surface area (Å²) in [6.07, 6.45) is 0.581. The molecule has 0 saturated carbocycles. The SMILES string of the molecule is COc1cccc2cc(-c3nc4cc5c(nc4n3C)CCN(C[C@H](N)CF)C5=O)n(Cc3nc(C)cs3)c12. The van der Waals surface area contributed by atoms with Crippen molar-refractivity contribution in [2.24, 2.45) is 12.8 Å². The van der Waals surface area contributed by atoms with Gasteiger partial charge in [0.2, 0.25) is 0 Å². The minimum absolute atomic E-state index is 0.179. The number of rotatable bonds is 7. The van der Waals surface area contributed by atoms with E-state index < -0.39 is 12.7 Å². The van der Waals surface area contributed by atoms with E-state index in [9.17, 15) is 9.18 Å². The molecular weight excluding hydrogens is 505 g/mol. The van der Waals surface area contributed by atoms with Gasteiger partial charge in [0.05, 0.1) is 42.2 Å². The van der Waals surface area contributed by atoms with Crippen molar-refractivity contribution >= 4 is 39.3 Å². The largest absolute Gasteiger partial charge is 0.495 e. The minimum atomic E-state index is -0.695. The van der Waals surface area contributed by atoms with Crippen molar-refractivity contribution in [3.05, 3.63) is 57.7 Å². The van der Waals surface area contributed by atoms with Gasteiger partial charge in [-0.1, -0.05) is 12.1 Å². The summed E-state index contributed by atoms with van der Waals surface area (Å²) in [7, 11) is 3.61. The van der Waals surface area contributed by atoms with Crippen LogP contribution < -0.4 is 10.5 Å². The van der Waals surface area contributed by atoms with Crippen LogP contribution in [0.5, 0.6) is 5.75 Å². The fraction of sp³-hybridized carbons (Fsp3) is 0.333. The lowest BCUT2D eigenvalue weighted by atomic mass is 10.0. The number of hydrogen-bond donors (Lipinski definition) is 1. The van der Waals surface area contributed by atoms with Crippen molar-refractivity contribution in [3.63, 3.8) is 0 Å². The van der Waals surface area contributed by atoms with Gasteiger partial charge in [-0.2, -0.15) is 0 Å². The number of pyridine rings is 1. The quantitative estimate of drug-likeness (QED) is 0.342. The second-order valence-electron chi connectivity index (χ2n) is 9.63. The smallest absolute Gasteiger partial charge is 0.255 e. The average Bonchev–Trinajstić information content (AvgIpc) is 3.60. The lowest BCUT2D eigenvalue weighted by Crippen LogP contribution is -2.45. The molecule has 1 aromatic carbocycles. The van der Waals surface area contributed by atoms with E-state index in [0.29, 0.717) is 36.2 Å². The number of para-hydroxylation sites is 1. The topological polar surface area (TPSA) is 104 Å². The number of halogens is 1. The molecule has 0 bridgehead atoms. The van der Waals surface area contributed by atoms with Crippen LogP contribution >= 0.6 is 11.3 Å². The number of fused-ring (bicyclic) bond motifs is 3. The Kier molecular flexibility index (Phi) is 6.11. The Bertz CT molecular complexity index is 1690. The molecule has 0 spiro atoms. The monoisotopic (exact) mass is 533 g/mol. The number of nitrogens with zero attached hydrogens (tertiary/aromatic N) is 6. The lowest BCUT2D eigenvalue weighted by Gasteiger charge is -2.29. The number of benzene rings is 1. The summed E-state index contributed by atoms with van der Waals surface area (Å²) < 4.78 is 22.8. The number of thiazole rings is 1. The number of aromatic nitrogens is 5. The van der Waals surface area contributed by atoms with Crippen molar-refractivity contribution in [2.75, 3.05) is 26.9 Å². The highest BCUT2D eigenvalue weighted by Gasteiger charge is 2.29. The Morgan fingerprint density at radius 2 is 2.08 bits per heavy atom. The van der Waals surface area contributed by atoms with E-state index in [1.807, 2.05) is 36.1 Å². The summed E-state index contributed by atoms with van der Waals surface area (Å²) in [5.41, 5.74) is 11.2. The Labute approximate surface area is 222 Å². The molecule has 1 aliphatic heterocycles. The van der Waals surface area contributed by atoms with Gasteiger partial charge in [-0.3, -0.25) is 4.79 Å². The Balaban J connectivity index is 1.49. The van der Waals surface area contributed by atoms with Gasteiger partial charge in [0.25, 0.3) is 5.91 Å². The van der Waals surface area contributed by atoms with Crippen molar-refractivity contribution in [3.8, 4) is 17.3 Å². The number of carbonyl (C=O) groups is 1. The van der Waals surface area contributed by atoms with Crippen LogP contribution in [-0.4, -0.2) is 67.8 Å². The Morgan fingerprint density at radius 1 is 1.24 bits per heavy atom. The molecule has 0 unspecified atom stereocenters. The number of alkyl halides is 1. The van der Waals surface area contributed by atoms with Crippen LogP contribution in [0.2, 0.25) is 0 Å². The maximum Gasteiger partial charge on any atom is 0.255 e. The van der Waals surface area contributed by atoms with Crippen molar-refractivity contribution < 1.29 is 13.9 Å². The molecule has 11 heteroatoms. The summed E-state index contributed by atoms with van der Waals surface area (Å²) in [6.45, 7) is 2.52. The molecule has 0 aliphatic carbocycles. The van der Waals surface area contributed by atoms with Gasteiger partial charge >= 0.3 is 0 Å². The standard InChI is InChI=1S/C27H28FN7O2S/c1-15-14-38-23(30-15)13-35-21(9-16-5-4-6-22(37-3)24(16)35)26-32-20-10-18-19(31-25(20)33(26)2)7-8-34(27(18)36)12-17(29)11-28/h4-6,9-10,14,17H,7-8,11-13,29H2,1-3H3/t17-/m1/s1.